The molecule has 1 aromatic rings. The summed E-state index contributed by atoms with van der Waals surface area (Å²) >= 11 is 1.23. The van der Waals surface area contributed by atoms with E-state index in [0.29, 0.717) is 5.56 Å². The normalized spacial score (nSPS) is 12.3. The van der Waals surface area contributed by atoms with Crippen LogP contribution in [0.3, 0.4) is 0 Å². The molecule has 0 fully saturated rings. The van der Waals surface area contributed by atoms with Gasteiger partial charge in [0.25, 0.3) is 0 Å². The Balaban J connectivity index is 2.46. The lowest BCUT2D eigenvalue weighted by molar-refractivity contribution is -0.119. The maximum atomic E-state index is 12.0. The van der Waals surface area contributed by atoms with Crippen molar-refractivity contribution in [2.45, 2.75) is 32.4 Å². The quantitative estimate of drug-likeness (QED) is 0.741. The van der Waals surface area contributed by atoms with Crippen molar-refractivity contribution in [3.05, 3.63) is 35.9 Å². The molecule has 0 heterocycles. The number of primary amides is 1. The molecule has 7 heteroatoms. The van der Waals surface area contributed by atoms with Crippen molar-refractivity contribution in [2.24, 2.45) is 5.73 Å². The lowest BCUT2D eigenvalue weighted by Gasteiger charge is -2.22. The summed E-state index contributed by atoms with van der Waals surface area (Å²) in [5.41, 5.74) is 5.21. The van der Waals surface area contributed by atoms with Crippen molar-refractivity contribution in [3.63, 3.8) is 0 Å². The third kappa shape index (κ3) is 7.69. The summed E-state index contributed by atoms with van der Waals surface area (Å²) in [5.74, 6) is -0.316. The smallest absolute Gasteiger partial charge is 0.408 e. The Labute approximate surface area is 140 Å². The van der Waals surface area contributed by atoms with Gasteiger partial charge < -0.3 is 15.8 Å². The van der Waals surface area contributed by atoms with E-state index in [0.717, 1.165) is 0 Å². The van der Waals surface area contributed by atoms with Crippen LogP contribution in [0.25, 0.3) is 0 Å². The van der Waals surface area contributed by atoms with Crippen LogP contribution in [-0.2, 0) is 9.53 Å². The van der Waals surface area contributed by atoms with E-state index in [1.807, 2.05) is 6.07 Å². The zero-order valence-electron chi connectivity index (χ0n) is 13.5. The van der Waals surface area contributed by atoms with Crippen molar-refractivity contribution < 1.29 is 19.1 Å². The summed E-state index contributed by atoms with van der Waals surface area (Å²) in [6.45, 7) is 5.16. The molecule has 0 saturated carbocycles. The second-order valence-electron chi connectivity index (χ2n) is 5.91. The number of carbonyl (C=O) groups is 3. The SMILES string of the molecule is CC(C)(C)OC(=O)NC(CSCC(=O)c1ccccc1)C(N)=O. The predicted molar refractivity (Wildman–Crippen MR) is 90.4 cm³/mol. The van der Waals surface area contributed by atoms with Crippen molar-refractivity contribution in [2.75, 3.05) is 11.5 Å². The number of nitrogens with one attached hydrogen (secondary N) is 1. The molecule has 0 aliphatic heterocycles. The maximum Gasteiger partial charge on any atom is 0.408 e. The molecule has 1 atom stereocenters. The topological polar surface area (TPSA) is 98.5 Å². The number of thioether (sulfide) groups is 1. The number of rotatable bonds is 7. The number of alkyl carbamates (subject to hydrolysis) is 1. The molecule has 3 N–H and O–H groups in total. The largest absolute Gasteiger partial charge is 0.444 e. The van der Waals surface area contributed by atoms with E-state index in [4.69, 9.17) is 10.5 Å². The second kappa shape index (κ2) is 8.57. The first-order valence-corrected chi connectivity index (χ1v) is 8.29. The molecule has 6 nitrogen and oxygen atoms in total. The summed E-state index contributed by atoms with van der Waals surface area (Å²) in [6.07, 6.45) is -0.712. The first-order valence-electron chi connectivity index (χ1n) is 7.14. The van der Waals surface area contributed by atoms with Gasteiger partial charge in [-0.3, -0.25) is 9.59 Å². The zero-order chi connectivity index (χ0) is 17.5. The van der Waals surface area contributed by atoms with Gasteiger partial charge in [-0.2, -0.15) is 11.8 Å². The molecule has 0 aliphatic carbocycles. The van der Waals surface area contributed by atoms with E-state index in [2.05, 4.69) is 5.32 Å². The number of hydrogen-bond donors (Lipinski definition) is 2. The highest BCUT2D eigenvalue weighted by Crippen LogP contribution is 2.10. The van der Waals surface area contributed by atoms with E-state index < -0.39 is 23.6 Å². The summed E-state index contributed by atoms with van der Waals surface area (Å²) in [6, 6.07) is 7.97. The minimum absolute atomic E-state index is 0.0453. The fraction of sp³-hybridized carbons (Fsp3) is 0.438. The fourth-order valence-electron chi connectivity index (χ4n) is 1.62. The molecule has 0 bridgehead atoms. The summed E-state index contributed by atoms with van der Waals surface area (Å²) in [7, 11) is 0. The number of benzene rings is 1. The average Bonchev–Trinajstić information content (AvgIpc) is 2.44. The van der Waals surface area contributed by atoms with Crippen LogP contribution in [-0.4, -0.2) is 40.9 Å². The Bertz CT molecular complexity index is 555. The van der Waals surface area contributed by atoms with Gasteiger partial charge in [0.2, 0.25) is 5.91 Å². The molecular formula is C16H22N2O4S. The minimum Gasteiger partial charge on any atom is -0.444 e. The van der Waals surface area contributed by atoms with E-state index in [-0.39, 0.29) is 17.3 Å². The molecular weight excluding hydrogens is 316 g/mol. The lowest BCUT2D eigenvalue weighted by atomic mass is 10.2. The summed E-state index contributed by atoms with van der Waals surface area (Å²) in [5, 5.41) is 2.42. The van der Waals surface area contributed by atoms with Gasteiger partial charge in [-0.05, 0) is 20.8 Å². The molecule has 0 aliphatic rings. The van der Waals surface area contributed by atoms with E-state index in [1.165, 1.54) is 11.8 Å². The van der Waals surface area contributed by atoms with Crippen LogP contribution in [0.4, 0.5) is 4.79 Å². The molecule has 1 rings (SSSR count). The third-order valence-electron chi connectivity index (χ3n) is 2.65. The van der Waals surface area contributed by atoms with Gasteiger partial charge in [0.1, 0.15) is 11.6 Å². The number of ether oxygens (including phenoxy) is 1. The number of carbonyl (C=O) groups excluding carboxylic acids is 3. The zero-order valence-corrected chi connectivity index (χ0v) is 14.3. The minimum atomic E-state index is -0.890. The van der Waals surface area contributed by atoms with Crippen LogP contribution in [0.15, 0.2) is 30.3 Å². The van der Waals surface area contributed by atoms with Crippen molar-refractivity contribution in [3.8, 4) is 0 Å². The van der Waals surface area contributed by atoms with E-state index >= 15 is 0 Å². The van der Waals surface area contributed by atoms with Crippen LogP contribution in [0.2, 0.25) is 0 Å². The number of hydrogen-bond acceptors (Lipinski definition) is 5. The molecule has 126 valence electrons. The standard InChI is InChI=1S/C16H22N2O4S/c1-16(2,3)22-15(21)18-12(14(17)20)9-23-10-13(19)11-7-5-4-6-8-11/h4-8,12H,9-10H2,1-3H3,(H2,17,20)(H,18,21). The summed E-state index contributed by atoms with van der Waals surface area (Å²) < 4.78 is 5.08. The van der Waals surface area contributed by atoms with Crippen molar-refractivity contribution in [1.82, 2.24) is 5.32 Å². The van der Waals surface area contributed by atoms with Gasteiger partial charge in [0.15, 0.2) is 5.78 Å². The van der Waals surface area contributed by atoms with Crippen molar-refractivity contribution in [1.29, 1.82) is 0 Å². The van der Waals surface area contributed by atoms with Crippen LogP contribution in [0.5, 0.6) is 0 Å². The van der Waals surface area contributed by atoms with E-state index in [9.17, 15) is 14.4 Å². The fourth-order valence-corrected chi connectivity index (χ4v) is 2.57. The Hall–Kier alpha value is -2.02. The Morgan fingerprint density at radius 1 is 1.22 bits per heavy atom. The Kier molecular flexibility index (Phi) is 7.09. The summed E-state index contributed by atoms with van der Waals surface area (Å²) in [4.78, 5) is 35.0. The van der Waals surface area contributed by atoms with Gasteiger partial charge in [0, 0.05) is 11.3 Å². The monoisotopic (exact) mass is 338 g/mol. The highest BCUT2D eigenvalue weighted by atomic mass is 32.2. The number of nitrogens with two attached hydrogens (primary N) is 1. The van der Waals surface area contributed by atoms with Crippen LogP contribution in [0.1, 0.15) is 31.1 Å². The average molecular weight is 338 g/mol. The first kappa shape index (κ1) is 19.0. The van der Waals surface area contributed by atoms with Crippen LogP contribution in [0, 0.1) is 0 Å². The van der Waals surface area contributed by atoms with Gasteiger partial charge >= 0.3 is 6.09 Å². The highest BCUT2D eigenvalue weighted by molar-refractivity contribution is 8.00. The Morgan fingerprint density at radius 3 is 2.35 bits per heavy atom. The number of amides is 2. The van der Waals surface area contributed by atoms with Gasteiger partial charge in [-0.1, -0.05) is 30.3 Å². The second-order valence-corrected chi connectivity index (χ2v) is 6.94. The highest BCUT2D eigenvalue weighted by Gasteiger charge is 2.23. The first-order chi connectivity index (χ1) is 10.7. The van der Waals surface area contributed by atoms with Crippen LogP contribution >= 0.6 is 11.8 Å². The van der Waals surface area contributed by atoms with Crippen molar-refractivity contribution >= 4 is 29.5 Å². The molecule has 2 amide bonds. The van der Waals surface area contributed by atoms with E-state index in [1.54, 1.807) is 45.0 Å². The number of ketones is 1. The molecule has 1 aromatic carbocycles. The molecule has 0 saturated heterocycles. The predicted octanol–water partition coefficient (Wildman–Crippen LogP) is 1.98. The maximum absolute atomic E-state index is 12.0. The third-order valence-corrected chi connectivity index (χ3v) is 3.68. The Morgan fingerprint density at radius 2 is 1.83 bits per heavy atom. The molecule has 1 unspecified atom stereocenters. The van der Waals surface area contributed by atoms with Gasteiger partial charge in [0.05, 0.1) is 5.75 Å². The molecule has 0 spiro atoms. The van der Waals surface area contributed by atoms with Gasteiger partial charge in [-0.15, -0.1) is 0 Å². The molecule has 0 aromatic heterocycles. The van der Waals surface area contributed by atoms with Gasteiger partial charge in [-0.25, -0.2) is 4.79 Å². The van der Waals surface area contributed by atoms with Crippen LogP contribution < -0.4 is 11.1 Å². The molecule has 0 radical (unpaired) electrons. The molecule has 23 heavy (non-hydrogen) atoms. The number of Topliss-reactive ketones (excluding diaryl/α,β-unsaturated/α-hetero) is 1. The lowest BCUT2D eigenvalue weighted by Crippen LogP contribution is -2.47.